The predicted octanol–water partition coefficient (Wildman–Crippen LogP) is 3.18. The van der Waals surface area contributed by atoms with Gasteiger partial charge in [0, 0.05) is 24.0 Å². The molecular formula is C17H16ClNO4. The summed E-state index contributed by atoms with van der Waals surface area (Å²) in [6.45, 7) is 2.27. The summed E-state index contributed by atoms with van der Waals surface area (Å²) < 4.78 is 5.17. The highest BCUT2D eigenvalue weighted by molar-refractivity contribution is 6.30. The molecule has 1 fully saturated rings. The van der Waals surface area contributed by atoms with Crippen LogP contribution < -0.4 is 0 Å². The van der Waals surface area contributed by atoms with Crippen molar-refractivity contribution in [3.8, 4) is 0 Å². The van der Waals surface area contributed by atoms with Gasteiger partial charge < -0.3 is 14.4 Å². The van der Waals surface area contributed by atoms with Crippen LogP contribution in [0.2, 0.25) is 5.02 Å². The van der Waals surface area contributed by atoms with Crippen LogP contribution in [0.15, 0.2) is 41.0 Å². The molecule has 5 nitrogen and oxygen atoms in total. The van der Waals surface area contributed by atoms with Gasteiger partial charge in [-0.1, -0.05) is 23.7 Å². The lowest BCUT2D eigenvalue weighted by Crippen LogP contribution is -2.30. The molecule has 0 spiro atoms. The van der Waals surface area contributed by atoms with Crippen LogP contribution in [0.25, 0.3) is 0 Å². The minimum Gasteiger partial charge on any atom is -0.481 e. The van der Waals surface area contributed by atoms with Gasteiger partial charge in [0.25, 0.3) is 5.91 Å². The fourth-order valence-corrected chi connectivity index (χ4v) is 3.17. The maximum atomic E-state index is 12.6. The van der Waals surface area contributed by atoms with Crippen LogP contribution in [0.5, 0.6) is 0 Å². The van der Waals surface area contributed by atoms with Crippen molar-refractivity contribution in [2.75, 3.05) is 13.1 Å². The van der Waals surface area contributed by atoms with E-state index in [1.54, 1.807) is 30.0 Å². The number of aryl methyl sites for hydroxylation is 1. The Morgan fingerprint density at radius 2 is 1.91 bits per heavy atom. The zero-order valence-electron chi connectivity index (χ0n) is 12.5. The van der Waals surface area contributed by atoms with Crippen molar-refractivity contribution in [2.24, 2.45) is 5.92 Å². The lowest BCUT2D eigenvalue weighted by molar-refractivity contribution is -0.141. The second-order valence-electron chi connectivity index (χ2n) is 5.70. The summed E-state index contributed by atoms with van der Waals surface area (Å²) in [6, 6.07) is 8.73. The maximum absolute atomic E-state index is 12.6. The molecule has 2 atom stereocenters. The maximum Gasteiger partial charge on any atom is 0.308 e. The highest BCUT2D eigenvalue weighted by atomic mass is 35.5. The molecule has 1 amide bonds. The predicted molar refractivity (Wildman–Crippen MR) is 84.7 cm³/mol. The van der Waals surface area contributed by atoms with Gasteiger partial charge in [0.05, 0.1) is 17.7 Å². The number of benzene rings is 1. The average Bonchev–Trinajstić information content (AvgIpc) is 3.14. The monoisotopic (exact) mass is 333 g/mol. The molecule has 6 heteroatoms. The number of aliphatic carboxylic acids is 1. The summed E-state index contributed by atoms with van der Waals surface area (Å²) in [5.41, 5.74) is 1.35. The van der Waals surface area contributed by atoms with Crippen molar-refractivity contribution < 1.29 is 19.1 Å². The van der Waals surface area contributed by atoms with Gasteiger partial charge in [0.15, 0.2) is 0 Å². The number of rotatable bonds is 3. The topological polar surface area (TPSA) is 70.8 Å². The van der Waals surface area contributed by atoms with Crippen molar-refractivity contribution in [1.29, 1.82) is 0 Å². The Labute approximate surface area is 138 Å². The first-order chi connectivity index (χ1) is 11.0. The van der Waals surface area contributed by atoms with Crippen LogP contribution in [0.1, 0.15) is 27.6 Å². The lowest BCUT2D eigenvalue weighted by Gasteiger charge is -2.16. The Balaban J connectivity index is 1.86. The van der Waals surface area contributed by atoms with Crippen LogP contribution >= 0.6 is 11.6 Å². The van der Waals surface area contributed by atoms with E-state index in [1.165, 1.54) is 6.26 Å². The van der Waals surface area contributed by atoms with Crippen LogP contribution in [0.3, 0.4) is 0 Å². The summed E-state index contributed by atoms with van der Waals surface area (Å²) in [6.07, 6.45) is 1.46. The number of carboxylic acid groups (broad SMARTS) is 1. The van der Waals surface area contributed by atoms with E-state index in [1.807, 2.05) is 12.1 Å². The third-order valence-electron chi connectivity index (χ3n) is 4.31. The van der Waals surface area contributed by atoms with E-state index in [4.69, 9.17) is 16.0 Å². The number of halogens is 1. The molecule has 1 N–H and O–H groups in total. The Hall–Kier alpha value is -2.27. The van der Waals surface area contributed by atoms with Gasteiger partial charge >= 0.3 is 5.97 Å². The molecule has 1 aromatic heterocycles. The largest absolute Gasteiger partial charge is 0.481 e. The summed E-state index contributed by atoms with van der Waals surface area (Å²) >= 11 is 5.89. The molecule has 1 saturated heterocycles. The number of furan rings is 1. The average molecular weight is 334 g/mol. The normalized spacial score (nSPS) is 20.7. The van der Waals surface area contributed by atoms with E-state index >= 15 is 0 Å². The van der Waals surface area contributed by atoms with Crippen molar-refractivity contribution >= 4 is 23.5 Å². The van der Waals surface area contributed by atoms with E-state index in [0.29, 0.717) is 22.9 Å². The Kier molecular flexibility index (Phi) is 4.13. The van der Waals surface area contributed by atoms with Crippen LogP contribution in [-0.4, -0.2) is 35.0 Å². The fourth-order valence-electron chi connectivity index (χ4n) is 3.04. The van der Waals surface area contributed by atoms with Crippen LogP contribution in [-0.2, 0) is 4.79 Å². The van der Waals surface area contributed by atoms with Crippen molar-refractivity contribution in [3.63, 3.8) is 0 Å². The Bertz CT molecular complexity index is 737. The first-order valence-electron chi connectivity index (χ1n) is 7.29. The highest BCUT2D eigenvalue weighted by Crippen LogP contribution is 2.34. The number of likely N-dealkylation sites (tertiary alicyclic amines) is 1. The molecule has 0 aliphatic carbocycles. The summed E-state index contributed by atoms with van der Waals surface area (Å²) in [4.78, 5) is 25.8. The first-order valence-corrected chi connectivity index (χ1v) is 7.67. The highest BCUT2D eigenvalue weighted by Gasteiger charge is 2.41. The molecule has 2 aromatic rings. The number of amides is 1. The van der Waals surface area contributed by atoms with Crippen LogP contribution in [0.4, 0.5) is 0 Å². The minimum absolute atomic E-state index is 0.187. The van der Waals surface area contributed by atoms with E-state index in [9.17, 15) is 14.7 Å². The molecule has 0 unspecified atom stereocenters. The third kappa shape index (κ3) is 2.97. The molecule has 3 rings (SSSR count). The van der Waals surface area contributed by atoms with Gasteiger partial charge in [-0.3, -0.25) is 9.59 Å². The first kappa shape index (κ1) is 15.6. The molecule has 1 aliphatic heterocycles. The number of hydrogen-bond donors (Lipinski definition) is 1. The molecule has 23 heavy (non-hydrogen) atoms. The van der Waals surface area contributed by atoms with Gasteiger partial charge in [-0.2, -0.15) is 0 Å². The van der Waals surface area contributed by atoms with Crippen LogP contribution in [0, 0.1) is 12.8 Å². The molecule has 1 aromatic carbocycles. The second kappa shape index (κ2) is 6.08. The standard InChI is InChI=1S/C17H16ClNO4/c1-10-13(6-7-23-10)16(20)19-8-14(15(9-19)17(21)22)11-2-4-12(18)5-3-11/h2-7,14-15H,8-9H2,1H3,(H,21,22)/t14-,15+/m0/s1. The molecule has 0 radical (unpaired) electrons. The van der Waals surface area contributed by atoms with E-state index < -0.39 is 11.9 Å². The molecular weight excluding hydrogens is 318 g/mol. The van der Waals surface area contributed by atoms with E-state index in [2.05, 4.69) is 0 Å². The number of carbonyl (C=O) groups is 2. The second-order valence-corrected chi connectivity index (χ2v) is 6.14. The number of carboxylic acids is 1. The molecule has 0 bridgehead atoms. The Morgan fingerprint density at radius 3 is 2.48 bits per heavy atom. The van der Waals surface area contributed by atoms with Gasteiger partial charge in [0.1, 0.15) is 5.76 Å². The Morgan fingerprint density at radius 1 is 1.22 bits per heavy atom. The summed E-state index contributed by atoms with van der Waals surface area (Å²) in [5, 5.41) is 10.1. The van der Waals surface area contributed by atoms with Crippen molar-refractivity contribution in [3.05, 3.63) is 58.5 Å². The summed E-state index contributed by atoms with van der Waals surface area (Å²) in [7, 11) is 0. The molecule has 120 valence electrons. The zero-order valence-corrected chi connectivity index (χ0v) is 13.3. The SMILES string of the molecule is Cc1occc1C(=O)N1C[C@@H](C(=O)O)[C@H](c2ccc(Cl)cc2)C1. The van der Waals surface area contributed by atoms with E-state index in [0.717, 1.165) is 5.56 Å². The van der Waals surface area contributed by atoms with Gasteiger partial charge in [-0.25, -0.2) is 0 Å². The molecule has 0 saturated carbocycles. The van der Waals surface area contributed by atoms with Crippen molar-refractivity contribution in [1.82, 2.24) is 4.90 Å². The van der Waals surface area contributed by atoms with Gasteiger partial charge in [-0.15, -0.1) is 0 Å². The van der Waals surface area contributed by atoms with Gasteiger partial charge in [0.2, 0.25) is 0 Å². The quantitative estimate of drug-likeness (QED) is 0.936. The van der Waals surface area contributed by atoms with E-state index in [-0.39, 0.29) is 18.4 Å². The number of hydrogen-bond acceptors (Lipinski definition) is 3. The molecule has 1 aliphatic rings. The number of carbonyl (C=O) groups excluding carboxylic acids is 1. The lowest BCUT2D eigenvalue weighted by atomic mass is 9.89. The summed E-state index contributed by atoms with van der Waals surface area (Å²) in [5.74, 6) is -1.44. The minimum atomic E-state index is -0.899. The third-order valence-corrected chi connectivity index (χ3v) is 4.56. The van der Waals surface area contributed by atoms with Crippen molar-refractivity contribution in [2.45, 2.75) is 12.8 Å². The fraction of sp³-hybridized carbons (Fsp3) is 0.294. The molecule has 2 heterocycles. The number of nitrogens with zero attached hydrogens (tertiary/aromatic N) is 1. The zero-order chi connectivity index (χ0) is 16.6. The van der Waals surface area contributed by atoms with Gasteiger partial charge in [-0.05, 0) is 30.7 Å². The smallest absolute Gasteiger partial charge is 0.308 e.